The molecule has 0 radical (unpaired) electrons. The van der Waals surface area contributed by atoms with Crippen LogP contribution < -0.4 is 5.32 Å². The first-order chi connectivity index (χ1) is 15.4. The number of nitrogens with one attached hydrogen (secondary N) is 2. The van der Waals surface area contributed by atoms with E-state index in [-0.39, 0.29) is 23.4 Å². The molecule has 9 heteroatoms. The number of carbonyl (C=O) groups excluding carboxylic acids is 1. The summed E-state index contributed by atoms with van der Waals surface area (Å²) in [4.78, 5) is 20.4. The number of rotatable bonds is 7. The van der Waals surface area contributed by atoms with Gasteiger partial charge in [0.2, 0.25) is 15.9 Å². The van der Waals surface area contributed by atoms with E-state index in [0.29, 0.717) is 54.9 Å². The van der Waals surface area contributed by atoms with Gasteiger partial charge in [-0.25, -0.2) is 22.1 Å². The average Bonchev–Trinajstić information content (AvgIpc) is 3.21. The molecule has 1 aromatic heterocycles. The van der Waals surface area contributed by atoms with Gasteiger partial charge in [0.25, 0.3) is 0 Å². The van der Waals surface area contributed by atoms with Gasteiger partial charge in [0, 0.05) is 30.3 Å². The molecule has 1 amide bonds. The van der Waals surface area contributed by atoms with E-state index in [0.717, 1.165) is 11.9 Å². The van der Waals surface area contributed by atoms with Crippen LogP contribution in [0.15, 0.2) is 42.5 Å². The molecule has 4 rings (SSSR count). The van der Waals surface area contributed by atoms with Crippen LogP contribution in [0.1, 0.15) is 32.6 Å². The van der Waals surface area contributed by atoms with E-state index in [1.807, 2.05) is 6.92 Å². The number of nitrogens with zero attached hydrogens (tertiary/aromatic N) is 2. The maximum absolute atomic E-state index is 13.5. The van der Waals surface area contributed by atoms with E-state index in [9.17, 15) is 17.6 Å². The fourth-order valence-electron chi connectivity index (χ4n) is 3.96. The topological polar surface area (TPSA) is 95.2 Å². The summed E-state index contributed by atoms with van der Waals surface area (Å²) < 4.78 is 39.7. The van der Waals surface area contributed by atoms with Crippen molar-refractivity contribution in [2.75, 3.05) is 24.2 Å². The van der Waals surface area contributed by atoms with E-state index in [1.54, 1.807) is 30.3 Å². The Bertz CT molecular complexity index is 1220. The molecular formula is C23H27FN4O3S. The van der Waals surface area contributed by atoms with Crippen molar-refractivity contribution in [1.29, 1.82) is 0 Å². The van der Waals surface area contributed by atoms with Crippen molar-refractivity contribution in [3.8, 4) is 11.4 Å². The fraction of sp³-hybridized carbons (Fsp3) is 0.391. The molecule has 1 fully saturated rings. The lowest BCUT2D eigenvalue weighted by Gasteiger charge is -2.30. The van der Waals surface area contributed by atoms with Gasteiger partial charge in [0.1, 0.15) is 11.6 Å². The largest absolute Gasteiger partial charge is 0.338 e. The molecule has 1 aliphatic heterocycles. The molecular weight excluding hydrogens is 431 g/mol. The lowest BCUT2D eigenvalue weighted by atomic mass is 9.97. The second kappa shape index (κ2) is 9.38. The van der Waals surface area contributed by atoms with E-state index in [4.69, 9.17) is 0 Å². The van der Waals surface area contributed by atoms with Crippen molar-refractivity contribution in [3.63, 3.8) is 0 Å². The van der Waals surface area contributed by atoms with Gasteiger partial charge in [-0.2, -0.15) is 0 Å². The van der Waals surface area contributed by atoms with Gasteiger partial charge in [-0.1, -0.05) is 25.5 Å². The van der Waals surface area contributed by atoms with Crippen LogP contribution in [0.25, 0.3) is 22.4 Å². The maximum Gasteiger partial charge on any atom is 0.227 e. The molecule has 1 saturated heterocycles. The Kier molecular flexibility index (Phi) is 6.57. The minimum absolute atomic E-state index is 0.111. The highest BCUT2D eigenvalue weighted by Gasteiger charge is 2.30. The summed E-state index contributed by atoms with van der Waals surface area (Å²) in [6, 6.07) is 11.6. The van der Waals surface area contributed by atoms with Gasteiger partial charge in [-0.3, -0.25) is 4.79 Å². The van der Waals surface area contributed by atoms with Crippen molar-refractivity contribution < 1.29 is 17.6 Å². The normalized spacial score (nSPS) is 15.8. The Balaban J connectivity index is 1.40. The van der Waals surface area contributed by atoms with Crippen molar-refractivity contribution in [3.05, 3.63) is 48.3 Å². The Morgan fingerprint density at radius 3 is 2.72 bits per heavy atom. The zero-order valence-corrected chi connectivity index (χ0v) is 18.8. The zero-order valence-electron chi connectivity index (χ0n) is 18.0. The number of amides is 1. The van der Waals surface area contributed by atoms with Crippen molar-refractivity contribution in [2.45, 2.75) is 32.6 Å². The summed E-state index contributed by atoms with van der Waals surface area (Å²) in [6.45, 7) is 2.72. The molecule has 2 heterocycles. The van der Waals surface area contributed by atoms with E-state index < -0.39 is 10.0 Å². The number of sulfonamides is 1. The van der Waals surface area contributed by atoms with E-state index in [1.165, 1.54) is 16.4 Å². The number of hydrogen-bond acceptors (Lipinski definition) is 4. The predicted molar refractivity (Wildman–Crippen MR) is 123 cm³/mol. The van der Waals surface area contributed by atoms with Crippen LogP contribution in [-0.4, -0.2) is 47.4 Å². The Hall–Kier alpha value is -2.78. The van der Waals surface area contributed by atoms with E-state index >= 15 is 0 Å². The molecule has 2 aromatic carbocycles. The lowest BCUT2D eigenvalue weighted by Crippen LogP contribution is -2.42. The molecule has 32 heavy (non-hydrogen) atoms. The summed E-state index contributed by atoms with van der Waals surface area (Å²) in [7, 11) is -3.23. The number of aromatic amines is 1. The SMILES string of the molecule is CCCCS(=O)(=O)N1CCC(C(=O)Nc2ccc3nc(-c4cccc(F)c4)[nH]c3c2)CC1. The summed E-state index contributed by atoms with van der Waals surface area (Å²) in [5.41, 5.74) is 2.73. The smallest absolute Gasteiger partial charge is 0.227 e. The highest BCUT2D eigenvalue weighted by atomic mass is 32.2. The summed E-state index contributed by atoms with van der Waals surface area (Å²) in [5.74, 6) is 0.0508. The number of unbranched alkanes of at least 4 members (excludes halogenated alkanes) is 1. The number of anilines is 1. The summed E-state index contributed by atoms with van der Waals surface area (Å²) in [6.07, 6.45) is 2.50. The number of benzene rings is 2. The van der Waals surface area contributed by atoms with Gasteiger partial charge < -0.3 is 10.3 Å². The van der Waals surface area contributed by atoms with Crippen LogP contribution >= 0.6 is 0 Å². The second-order valence-electron chi connectivity index (χ2n) is 8.16. The van der Waals surface area contributed by atoms with Crippen LogP contribution in [0.2, 0.25) is 0 Å². The molecule has 3 aromatic rings. The number of carbonyl (C=O) groups is 1. The molecule has 2 N–H and O–H groups in total. The first-order valence-corrected chi connectivity index (χ1v) is 12.5. The molecule has 0 saturated carbocycles. The van der Waals surface area contributed by atoms with Crippen LogP contribution in [0, 0.1) is 11.7 Å². The number of hydrogen-bond donors (Lipinski definition) is 2. The molecule has 1 aliphatic rings. The quantitative estimate of drug-likeness (QED) is 0.556. The first kappa shape index (κ1) is 22.4. The molecule has 0 unspecified atom stereocenters. The van der Waals surface area contributed by atoms with E-state index in [2.05, 4.69) is 15.3 Å². The Morgan fingerprint density at radius 1 is 1.22 bits per heavy atom. The minimum Gasteiger partial charge on any atom is -0.338 e. The molecule has 0 bridgehead atoms. The van der Waals surface area contributed by atoms with Crippen LogP contribution in [0.3, 0.4) is 0 Å². The zero-order chi connectivity index (χ0) is 22.7. The standard InChI is InChI=1S/C23H27FN4O3S/c1-2-3-13-32(30,31)28-11-9-16(10-12-28)23(29)25-19-7-8-20-21(15-19)27-22(26-20)17-5-4-6-18(24)14-17/h4-8,14-16H,2-3,9-13H2,1H3,(H,25,29)(H,26,27). The van der Waals surface area contributed by atoms with Gasteiger partial charge in [0.05, 0.1) is 16.8 Å². The number of halogens is 1. The maximum atomic E-state index is 13.5. The van der Waals surface area contributed by atoms with Crippen LogP contribution in [0.4, 0.5) is 10.1 Å². The Labute approximate surface area is 187 Å². The molecule has 7 nitrogen and oxygen atoms in total. The predicted octanol–water partition coefficient (Wildman–Crippen LogP) is 4.15. The third kappa shape index (κ3) is 4.99. The molecule has 0 aliphatic carbocycles. The van der Waals surface area contributed by atoms with Crippen molar-refractivity contribution >= 4 is 32.7 Å². The first-order valence-electron chi connectivity index (χ1n) is 10.9. The Morgan fingerprint density at radius 2 is 2.00 bits per heavy atom. The highest BCUT2D eigenvalue weighted by Crippen LogP contribution is 2.25. The number of aromatic nitrogens is 2. The third-order valence-corrected chi connectivity index (χ3v) is 7.78. The number of piperidine rings is 1. The number of imidazole rings is 1. The van der Waals surface area contributed by atoms with Gasteiger partial charge in [-0.15, -0.1) is 0 Å². The van der Waals surface area contributed by atoms with Crippen LogP contribution in [-0.2, 0) is 14.8 Å². The van der Waals surface area contributed by atoms with Gasteiger partial charge in [0.15, 0.2) is 0 Å². The lowest BCUT2D eigenvalue weighted by molar-refractivity contribution is -0.120. The summed E-state index contributed by atoms with van der Waals surface area (Å²) in [5, 5.41) is 2.94. The minimum atomic E-state index is -3.23. The van der Waals surface area contributed by atoms with Gasteiger partial charge >= 0.3 is 0 Å². The fourth-order valence-corrected chi connectivity index (χ4v) is 5.64. The number of fused-ring (bicyclic) bond motifs is 1. The number of H-pyrrole nitrogens is 1. The monoisotopic (exact) mass is 458 g/mol. The molecule has 0 atom stereocenters. The second-order valence-corrected chi connectivity index (χ2v) is 10.2. The van der Waals surface area contributed by atoms with Crippen molar-refractivity contribution in [1.82, 2.24) is 14.3 Å². The summed E-state index contributed by atoms with van der Waals surface area (Å²) >= 11 is 0. The van der Waals surface area contributed by atoms with Crippen molar-refractivity contribution in [2.24, 2.45) is 5.92 Å². The van der Waals surface area contributed by atoms with Crippen LogP contribution in [0.5, 0.6) is 0 Å². The van der Waals surface area contributed by atoms with Gasteiger partial charge in [-0.05, 0) is 49.6 Å². The molecule has 0 spiro atoms. The molecule has 170 valence electrons. The average molecular weight is 459 g/mol. The highest BCUT2D eigenvalue weighted by molar-refractivity contribution is 7.89. The third-order valence-electron chi connectivity index (χ3n) is 5.82.